The third kappa shape index (κ3) is 3.72. The van der Waals surface area contributed by atoms with Crippen molar-refractivity contribution in [2.75, 3.05) is 7.11 Å². The maximum absolute atomic E-state index is 12.4. The molecule has 0 spiro atoms. The third-order valence-electron chi connectivity index (χ3n) is 4.04. The van der Waals surface area contributed by atoms with Gasteiger partial charge in [-0.3, -0.25) is 4.79 Å². The number of hydrogen-bond donors (Lipinski definition) is 1. The second kappa shape index (κ2) is 7.25. The number of para-hydroxylation sites is 1. The van der Waals surface area contributed by atoms with Crippen LogP contribution < -0.4 is 10.1 Å². The van der Waals surface area contributed by atoms with E-state index >= 15 is 0 Å². The third-order valence-corrected chi connectivity index (χ3v) is 5.10. The van der Waals surface area contributed by atoms with Gasteiger partial charge in [-0.15, -0.1) is 10.2 Å². The van der Waals surface area contributed by atoms with Crippen molar-refractivity contribution in [2.45, 2.75) is 49.7 Å². The lowest BCUT2D eigenvalue weighted by molar-refractivity contribution is -0.120. The van der Waals surface area contributed by atoms with E-state index < -0.39 is 0 Å². The first-order valence-corrected chi connectivity index (χ1v) is 8.96. The maximum Gasteiger partial charge on any atom is 0.233 e. The Morgan fingerprint density at radius 2 is 2.17 bits per heavy atom. The fourth-order valence-electron chi connectivity index (χ4n) is 2.57. The fourth-order valence-corrected chi connectivity index (χ4v) is 3.56. The number of amides is 1. The predicted octanol–water partition coefficient (Wildman–Crippen LogP) is 2.73. The minimum Gasteiger partial charge on any atom is -0.496 e. The van der Waals surface area contributed by atoms with Gasteiger partial charge in [0, 0.05) is 18.2 Å². The van der Waals surface area contributed by atoms with Crippen molar-refractivity contribution in [1.29, 1.82) is 0 Å². The molecule has 2 aromatic rings. The zero-order chi connectivity index (χ0) is 17.1. The van der Waals surface area contributed by atoms with E-state index in [1.807, 2.05) is 38.1 Å². The Bertz CT molecular complexity index is 727. The van der Waals surface area contributed by atoms with E-state index in [9.17, 15) is 4.79 Å². The lowest BCUT2D eigenvalue weighted by atomic mass is 10.2. The Labute approximate surface area is 146 Å². The van der Waals surface area contributed by atoms with Gasteiger partial charge in [0.25, 0.3) is 0 Å². The molecule has 1 heterocycles. The Kier molecular flexibility index (Phi) is 5.08. The molecule has 0 radical (unpaired) electrons. The fraction of sp³-hybridized carbons (Fsp3) is 0.471. The lowest BCUT2D eigenvalue weighted by Gasteiger charge is -2.14. The van der Waals surface area contributed by atoms with Crippen LogP contribution in [0.3, 0.4) is 0 Å². The van der Waals surface area contributed by atoms with Gasteiger partial charge in [0.2, 0.25) is 5.91 Å². The molecule has 0 unspecified atom stereocenters. The van der Waals surface area contributed by atoms with Crippen molar-refractivity contribution < 1.29 is 9.53 Å². The van der Waals surface area contributed by atoms with Gasteiger partial charge in [-0.25, -0.2) is 0 Å². The number of thioether (sulfide) groups is 1. The summed E-state index contributed by atoms with van der Waals surface area (Å²) >= 11 is 1.46. The number of hydrogen-bond acceptors (Lipinski definition) is 5. The molecular weight excluding hydrogens is 324 g/mol. The van der Waals surface area contributed by atoms with Crippen molar-refractivity contribution in [1.82, 2.24) is 20.1 Å². The molecule has 1 fully saturated rings. The summed E-state index contributed by atoms with van der Waals surface area (Å²) in [5, 5.41) is 11.9. The van der Waals surface area contributed by atoms with Crippen molar-refractivity contribution in [3.8, 4) is 5.75 Å². The van der Waals surface area contributed by atoms with E-state index in [1.54, 1.807) is 7.11 Å². The van der Waals surface area contributed by atoms with Crippen LogP contribution in [0.1, 0.15) is 37.2 Å². The predicted molar refractivity (Wildman–Crippen MR) is 93.2 cm³/mol. The summed E-state index contributed by atoms with van der Waals surface area (Å²) in [5.41, 5.74) is 0.961. The van der Waals surface area contributed by atoms with Gasteiger partial charge in [-0.2, -0.15) is 0 Å². The topological polar surface area (TPSA) is 69.0 Å². The number of aryl methyl sites for hydroxylation is 1. The van der Waals surface area contributed by atoms with Crippen LogP contribution in [0.4, 0.5) is 0 Å². The van der Waals surface area contributed by atoms with E-state index in [-0.39, 0.29) is 11.2 Å². The summed E-state index contributed by atoms with van der Waals surface area (Å²) in [7, 11) is 1.63. The average Bonchev–Trinajstić information content (AvgIpc) is 3.36. The number of ether oxygens (including phenoxy) is 1. The molecular formula is C17H22N4O2S. The standard InChI is InChI=1S/C17H22N4O2S/c1-11(24-17-20-19-12(2)21(17)14-8-9-14)16(22)18-10-13-6-4-5-7-15(13)23-3/h4-7,11,14H,8-10H2,1-3H3,(H,18,22)/t11-/m1/s1. The number of nitrogens with one attached hydrogen (secondary N) is 1. The first-order chi connectivity index (χ1) is 11.6. The van der Waals surface area contributed by atoms with Gasteiger partial charge in [-0.05, 0) is 32.8 Å². The van der Waals surface area contributed by atoms with Gasteiger partial charge in [-0.1, -0.05) is 30.0 Å². The highest BCUT2D eigenvalue weighted by Crippen LogP contribution is 2.39. The molecule has 24 heavy (non-hydrogen) atoms. The molecule has 7 heteroatoms. The summed E-state index contributed by atoms with van der Waals surface area (Å²) in [5.74, 6) is 1.68. The molecule has 1 amide bonds. The van der Waals surface area contributed by atoms with Crippen molar-refractivity contribution in [2.24, 2.45) is 0 Å². The van der Waals surface area contributed by atoms with E-state index in [1.165, 1.54) is 24.6 Å². The Morgan fingerprint density at radius 3 is 2.88 bits per heavy atom. The normalized spacial score (nSPS) is 15.1. The molecule has 1 saturated carbocycles. The van der Waals surface area contributed by atoms with Crippen LogP contribution in [-0.2, 0) is 11.3 Å². The van der Waals surface area contributed by atoms with Crippen molar-refractivity contribution >= 4 is 17.7 Å². The zero-order valence-corrected chi connectivity index (χ0v) is 15.0. The number of carbonyl (C=O) groups excluding carboxylic acids is 1. The van der Waals surface area contributed by atoms with Crippen LogP contribution in [0, 0.1) is 6.92 Å². The van der Waals surface area contributed by atoms with E-state index in [0.717, 1.165) is 22.3 Å². The molecule has 0 aliphatic heterocycles. The largest absolute Gasteiger partial charge is 0.496 e. The molecule has 6 nitrogen and oxygen atoms in total. The number of aromatic nitrogens is 3. The second-order valence-corrected chi connectivity index (χ2v) is 7.23. The Morgan fingerprint density at radius 1 is 1.42 bits per heavy atom. The number of methoxy groups -OCH3 is 1. The minimum atomic E-state index is -0.235. The summed E-state index contributed by atoms with van der Waals surface area (Å²) in [6.07, 6.45) is 2.33. The van der Waals surface area contributed by atoms with Crippen LogP contribution in [0.2, 0.25) is 0 Å². The van der Waals surface area contributed by atoms with Crippen LogP contribution in [0.5, 0.6) is 5.75 Å². The molecule has 3 rings (SSSR count). The lowest BCUT2D eigenvalue weighted by Crippen LogP contribution is -2.30. The van der Waals surface area contributed by atoms with Crippen LogP contribution >= 0.6 is 11.8 Å². The Balaban J connectivity index is 1.59. The summed E-state index contributed by atoms with van der Waals surface area (Å²) in [6, 6.07) is 8.19. The molecule has 128 valence electrons. The Hall–Kier alpha value is -2.02. The summed E-state index contributed by atoms with van der Waals surface area (Å²) in [6.45, 7) is 4.30. The highest BCUT2D eigenvalue weighted by molar-refractivity contribution is 8.00. The van der Waals surface area contributed by atoms with E-state index in [2.05, 4.69) is 20.1 Å². The smallest absolute Gasteiger partial charge is 0.233 e. The first-order valence-electron chi connectivity index (χ1n) is 8.08. The zero-order valence-electron chi connectivity index (χ0n) is 14.2. The number of nitrogens with zero attached hydrogens (tertiary/aromatic N) is 3. The number of rotatable bonds is 7. The van der Waals surface area contributed by atoms with Gasteiger partial charge >= 0.3 is 0 Å². The van der Waals surface area contributed by atoms with Gasteiger partial charge in [0.05, 0.1) is 12.4 Å². The molecule has 1 N–H and O–H groups in total. The van der Waals surface area contributed by atoms with Gasteiger partial charge in [0.15, 0.2) is 5.16 Å². The van der Waals surface area contributed by atoms with Crippen molar-refractivity contribution in [3.63, 3.8) is 0 Å². The minimum absolute atomic E-state index is 0.0195. The molecule has 1 aromatic heterocycles. The first kappa shape index (κ1) is 16.8. The molecule has 1 aliphatic rings. The van der Waals surface area contributed by atoms with Crippen LogP contribution in [-0.4, -0.2) is 33.0 Å². The van der Waals surface area contributed by atoms with Crippen molar-refractivity contribution in [3.05, 3.63) is 35.7 Å². The highest BCUT2D eigenvalue weighted by atomic mass is 32.2. The molecule has 1 aliphatic carbocycles. The van der Waals surface area contributed by atoms with Gasteiger partial charge < -0.3 is 14.6 Å². The second-order valence-electron chi connectivity index (χ2n) is 5.92. The van der Waals surface area contributed by atoms with Crippen LogP contribution in [0.25, 0.3) is 0 Å². The number of benzene rings is 1. The maximum atomic E-state index is 12.4. The number of carbonyl (C=O) groups is 1. The quantitative estimate of drug-likeness (QED) is 0.781. The summed E-state index contributed by atoms with van der Waals surface area (Å²) < 4.78 is 7.45. The van der Waals surface area contributed by atoms with Gasteiger partial charge in [0.1, 0.15) is 11.6 Å². The summed E-state index contributed by atoms with van der Waals surface area (Å²) in [4.78, 5) is 12.4. The monoisotopic (exact) mass is 346 g/mol. The molecule has 1 aromatic carbocycles. The van der Waals surface area contributed by atoms with E-state index in [4.69, 9.17) is 4.74 Å². The molecule has 0 bridgehead atoms. The van der Waals surface area contributed by atoms with E-state index in [0.29, 0.717) is 12.6 Å². The molecule has 1 atom stereocenters. The highest BCUT2D eigenvalue weighted by Gasteiger charge is 2.29. The average molecular weight is 346 g/mol. The SMILES string of the molecule is COc1ccccc1CNC(=O)[C@@H](C)Sc1nnc(C)n1C1CC1. The molecule has 0 saturated heterocycles. The van der Waals surface area contributed by atoms with Crippen LogP contribution in [0.15, 0.2) is 29.4 Å².